The van der Waals surface area contributed by atoms with E-state index in [1.807, 2.05) is 0 Å². The number of aromatic amines is 1. The molecule has 0 aliphatic rings. The topological polar surface area (TPSA) is 79.9 Å². The molecule has 0 aliphatic heterocycles. The number of ether oxygens (including phenoxy) is 1. The summed E-state index contributed by atoms with van der Waals surface area (Å²) < 4.78 is 45.8. The van der Waals surface area contributed by atoms with Crippen molar-refractivity contribution in [1.82, 2.24) is 15.0 Å². The second kappa shape index (κ2) is 8.78. The number of methoxy groups -OCH3 is 1. The molecule has 0 radical (unpaired) electrons. The van der Waals surface area contributed by atoms with Crippen LogP contribution in [0.15, 0.2) is 67.1 Å². The van der Waals surface area contributed by atoms with Crippen molar-refractivity contribution in [2.24, 2.45) is 0 Å². The summed E-state index contributed by atoms with van der Waals surface area (Å²) in [6.45, 7) is 1.64. The van der Waals surface area contributed by atoms with Crippen molar-refractivity contribution in [3.8, 4) is 28.1 Å². The number of hydrogen-bond donors (Lipinski definition) is 2. The quantitative estimate of drug-likeness (QED) is 0.373. The Morgan fingerprint density at radius 3 is 2.64 bits per heavy atom. The molecule has 4 rings (SSSR count). The van der Waals surface area contributed by atoms with Crippen molar-refractivity contribution in [1.29, 1.82) is 0 Å². The van der Waals surface area contributed by atoms with Crippen LogP contribution in [0.1, 0.15) is 12.5 Å². The van der Waals surface area contributed by atoms with Crippen molar-refractivity contribution < 1.29 is 22.7 Å². The maximum absolute atomic E-state index is 13.5. The Bertz CT molecular complexity index is 1360. The van der Waals surface area contributed by atoms with Crippen molar-refractivity contribution in [2.45, 2.75) is 13.1 Å². The van der Waals surface area contributed by atoms with E-state index >= 15 is 0 Å². The van der Waals surface area contributed by atoms with Crippen LogP contribution in [-0.4, -0.2) is 28.0 Å². The van der Waals surface area contributed by atoms with Gasteiger partial charge in [-0.05, 0) is 54.5 Å². The maximum atomic E-state index is 13.5. The number of aromatic nitrogens is 3. The minimum atomic E-state index is -4.58. The van der Waals surface area contributed by atoms with Crippen molar-refractivity contribution in [3.63, 3.8) is 0 Å². The van der Waals surface area contributed by atoms with Gasteiger partial charge in [0.2, 0.25) is 11.8 Å². The van der Waals surface area contributed by atoms with E-state index in [9.17, 15) is 18.0 Å². The Labute approximate surface area is 187 Å². The monoisotopic (exact) mass is 452 g/mol. The first-order valence-corrected chi connectivity index (χ1v) is 9.92. The van der Waals surface area contributed by atoms with E-state index in [2.05, 4.69) is 20.3 Å². The fourth-order valence-corrected chi connectivity index (χ4v) is 3.45. The summed E-state index contributed by atoms with van der Waals surface area (Å²) in [5.41, 5.74) is 2.11. The van der Waals surface area contributed by atoms with Gasteiger partial charge in [0.05, 0.1) is 12.7 Å². The minimum Gasteiger partial charge on any atom is -0.481 e. The summed E-state index contributed by atoms with van der Waals surface area (Å²) >= 11 is 0. The van der Waals surface area contributed by atoms with Crippen LogP contribution < -0.4 is 10.1 Å². The number of nitrogens with zero attached hydrogens (tertiary/aromatic N) is 2. The van der Waals surface area contributed by atoms with Crippen molar-refractivity contribution in [3.05, 3.63) is 72.7 Å². The van der Waals surface area contributed by atoms with E-state index in [0.29, 0.717) is 17.1 Å². The zero-order valence-corrected chi connectivity index (χ0v) is 17.7. The summed E-state index contributed by atoms with van der Waals surface area (Å²) in [5, 5.41) is 3.19. The molecule has 3 heterocycles. The number of allylic oxidation sites excluding steroid dienone is 1. The van der Waals surface area contributed by atoms with E-state index in [-0.39, 0.29) is 11.3 Å². The van der Waals surface area contributed by atoms with E-state index < -0.39 is 17.6 Å². The Morgan fingerprint density at radius 1 is 1.09 bits per heavy atom. The van der Waals surface area contributed by atoms with E-state index in [1.54, 1.807) is 37.5 Å². The number of pyridine rings is 2. The predicted molar refractivity (Wildman–Crippen MR) is 120 cm³/mol. The number of anilines is 1. The molecule has 1 amide bonds. The number of benzene rings is 1. The van der Waals surface area contributed by atoms with E-state index in [0.717, 1.165) is 28.6 Å². The number of fused-ring (bicyclic) bond motifs is 1. The van der Waals surface area contributed by atoms with E-state index in [4.69, 9.17) is 4.74 Å². The smallest absolute Gasteiger partial charge is 0.416 e. The molecule has 3 aromatic heterocycles. The number of amides is 1. The van der Waals surface area contributed by atoms with Gasteiger partial charge in [-0.1, -0.05) is 6.08 Å². The molecule has 0 saturated heterocycles. The molecule has 9 heteroatoms. The predicted octanol–water partition coefficient (Wildman–Crippen LogP) is 5.83. The number of alkyl halides is 3. The molecular weight excluding hydrogens is 433 g/mol. The Kier molecular flexibility index (Phi) is 5.87. The number of nitrogens with one attached hydrogen (secondary N) is 2. The minimum absolute atomic E-state index is 0.0381. The summed E-state index contributed by atoms with van der Waals surface area (Å²) in [6.07, 6.45) is 3.02. The average Bonchev–Trinajstić information content (AvgIpc) is 3.22. The number of hydrogen-bond acceptors (Lipinski definition) is 4. The second-order valence-electron chi connectivity index (χ2n) is 7.20. The van der Waals surface area contributed by atoms with Crippen LogP contribution in [0.3, 0.4) is 0 Å². The highest BCUT2D eigenvalue weighted by Gasteiger charge is 2.31. The molecule has 0 fully saturated rings. The van der Waals surface area contributed by atoms with Crippen LogP contribution >= 0.6 is 0 Å². The maximum Gasteiger partial charge on any atom is 0.416 e. The zero-order chi connectivity index (χ0) is 23.6. The fourth-order valence-electron chi connectivity index (χ4n) is 3.45. The Balaban J connectivity index is 1.83. The summed E-state index contributed by atoms with van der Waals surface area (Å²) in [4.78, 5) is 23.5. The normalized spacial score (nSPS) is 11.8. The van der Waals surface area contributed by atoms with Gasteiger partial charge in [0, 0.05) is 46.9 Å². The molecule has 0 atom stereocenters. The summed E-state index contributed by atoms with van der Waals surface area (Å²) in [7, 11) is 1.52. The highest BCUT2D eigenvalue weighted by molar-refractivity contribution is 6.00. The molecule has 1 aromatic carbocycles. The lowest BCUT2D eigenvalue weighted by atomic mass is 10.0. The first kappa shape index (κ1) is 22.1. The second-order valence-corrected chi connectivity index (χ2v) is 7.20. The van der Waals surface area contributed by atoms with Gasteiger partial charge in [-0.25, -0.2) is 9.97 Å². The van der Waals surface area contributed by atoms with Gasteiger partial charge in [0.1, 0.15) is 5.65 Å². The molecule has 2 N–H and O–H groups in total. The summed E-state index contributed by atoms with van der Waals surface area (Å²) in [6, 6.07) is 8.75. The molecule has 168 valence electrons. The zero-order valence-electron chi connectivity index (χ0n) is 17.7. The molecule has 0 saturated carbocycles. The number of carbonyl (C=O) groups is 1. The van der Waals surface area contributed by atoms with Gasteiger partial charge >= 0.3 is 6.18 Å². The molecule has 0 spiro atoms. The SMILES string of the molecule is CC=CC(=O)Nc1cc(-c2cnc3[nH]cc(-c4ccnc(OC)c4)c3c2)cc(C(F)(F)F)c1. The third kappa shape index (κ3) is 4.72. The Hall–Kier alpha value is -4.14. The first-order chi connectivity index (χ1) is 15.8. The van der Waals surface area contributed by atoms with Crippen LogP contribution in [-0.2, 0) is 11.0 Å². The molecule has 4 aromatic rings. The van der Waals surface area contributed by atoms with Crippen molar-refractivity contribution >= 4 is 22.6 Å². The first-order valence-electron chi connectivity index (χ1n) is 9.92. The molecule has 6 nitrogen and oxygen atoms in total. The number of halogens is 3. The number of rotatable bonds is 5. The fraction of sp³-hybridized carbons (Fsp3) is 0.125. The highest BCUT2D eigenvalue weighted by atomic mass is 19.4. The third-order valence-corrected chi connectivity index (χ3v) is 4.97. The van der Waals surface area contributed by atoms with Gasteiger partial charge in [0.15, 0.2) is 0 Å². The lowest BCUT2D eigenvalue weighted by molar-refractivity contribution is -0.137. The largest absolute Gasteiger partial charge is 0.481 e. The van der Waals surface area contributed by atoms with Gasteiger partial charge in [-0.2, -0.15) is 13.2 Å². The van der Waals surface area contributed by atoms with Crippen LogP contribution in [0.4, 0.5) is 18.9 Å². The molecular formula is C24H19F3N4O2. The standard InChI is InChI=1S/C24H19F3N4O2/c1-3-4-21(32)31-18-8-15(7-17(11-18)24(25,26)27)16-9-19-20(13-30-23(19)29-12-16)14-5-6-28-22(10-14)33-2/h3-13H,1-2H3,(H,29,30)(H,31,32). The lowest BCUT2D eigenvalue weighted by Gasteiger charge is -2.13. The van der Waals surface area contributed by atoms with Gasteiger partial charge in [-0.15, -0.1) is 0 Å². The number of H-pyrrole nitrogens is 1. The van der Waals surface area contributed by atoms with Crippen LogP contribution in [0.5, 0.6) is 5.88 Å². The van der Waals surface area contributed by atoms with Gasteiger partial charge in [-0.3, -0.25) is 4.79 Å². The van der Waals surface area contributed by atoms with Crippen LogP contribution in [0, 0.1) is 0 Å². The van der Waals surface area contributed by atoms with Gasteiger partial charge < -0.3 is 15.0 Å². The molecule has 0 unspecified atom stereocenters. The third-order valence-electron chi connectivity index (χ3n) is 4.97. The highest BCUT2D eigenvalue weighted by Crippen LogP contribution is 2.37. The number of carbonyl (C=O) groups excluding carboxylic acids is 1. The average molecular weight is 452 g/mol. The Morgan fingerprint density at radius 2 is 1.91 bits per heavy atom. The van der Waals surface area contributed by atoms with Crippen LogP contribution in [0.25, 0.3) is 33.3 Å². The molecule has 0 bridgehead atoms. The molecule has 33 heavy (non-hydrogen) atoms. The van der Waals surface area contributed by atoms with E-state index in [1.165, 1.54) is 31.5 Å². The van der Waals surface area contributed by atoms with Crippen LogP contribution in [0.2, 0.25) is 0 Å². The van der Waals surface area contributed by atoms with Gasteiger partial charge in [0.25, 0.3) is 0 Å². The lowest BCUT2D eigenvalue weighted by Crippen LogP contribution is -2.11. The summed E-state index contributed by atoms with van der Waals surface area (Å²) in [5.74, 6) is -0.0822. The molecule has 0 aliphatic carbocycles. The van der Waals surface area contributed by atoms with Crippen molar-refractivity contribution in [2.75, 3.05) is 12.4 Å².